The van der Waals surface area contributed by atoms with Crippen molar-refractivity contribution in [3.8, 4) is 0 Å². The lowest BCUT2D eigenvalue weighted by Gasteiger charge is -2.04. The molecule has 2 nitrogen and oxygen atoms in total. The molecule has 0 amide bonds. The van der Waals surface area contributed by atoms with Crippen molar-refractivity contribution in [2.45, 2.75) is 46.0 Å². The summed E-state index contributed by atoms with van der Waals surface area (Å²) in [7, 11) is 0. The molecule has 0 unspecified atom stereocenters. The molecule has 0 saturated carbocycles. The van der Waals surface area contributed by atoms with Gasteiger partial charge in [-0.25, -0.2) is 0 Å². The van der Waals surface area contributed by atoms with Gasteiger partial charge in [0.25, 0.3) is 0 Å². The first kappa shape index (κ1) is 12.9. The fourth-order valence-electron chi connectivity index (χ4n) is 1.13. The number of ether oxygens (including phenoxy) is 1. The summed E-state index contributed by atoms with van der Waals surface area (Å²) in [4.78, 5) is 0. The number of unbranched alkanes of at least 4 members (excludes halogenated alkanes) is 3. The summed E-state index contributed by atoms with van der Waals surface area (Å²) in [6.45, 7) is 8.37. The molecule has 0 rings (SSSR count). The van der Waals surface area contributed by atoms with Crippen molar-refractivity contribution in [1.82, 2.24) is 5.32 Å². The zero-order chi connectivity index (χ0) is 9.78. The summed E-state index contributed by atoms with van der Waals surface area (Å²) < 4.78 is 5.45. The number of hydrogen-bond acceptors (Lipinski definition) is 2. The molecule has 0 atom stereocenters. The Labute approximate surface area is 83.1 Å². The Morgan fingerprint density at radius 2 is 1.62 bits per heavy atom. The first-order valence-corrected chi connectivity index (χ1v) is 5.70. The van der Waals surface area contributed by atoms with Gasteiger partial charge in [-0.2, -0.15) is 0 Å². The predicted octanol–water partition coefficient (Wildman–Crippen LogP) is 2.58. The summed E-state index contributed by atoms with van der Waals surface area (Å²) in [5.74, 6) is 0. The molecule has 0 aromatic carbocycles. The fourth-order valence-corrected chi connectivity index (χ4v) is 1.13. The van der Waals surface area contributed by atoms with Gasteiger partial charge in [0.15, 0.2) is 0 Å². The SMILES string of the molecule is CCCCCOCCNCCCC. The van der Waals surface area contributed by atoms with Crippen molar-refractivity contribution in [3.63, 3.8) is 0 Å². The second kappa shape index (κ2) is 11.9. The van der Waals surface area contributed by atoms with Crippen LogP contribution in [0.2, 0.25) is 0 Å². The molecule has 2 heteroatoms. The average molecular weight is 187 g/mol. The van der Waals surface area contributed by atoms with E-state index in [2.05, 4.69) is 19.2 Å². The van der Waals surface area contributed by atoms with Crippen molar-refractivity contribution in [3.05, 3.63) is 0 Å². The van der Waals surface area contributed by atoms with E-state index in [1.54, 1.807) is 0 Å². The van der Waals surface area contributed by atoms with E-state index in [9.17, 15) is 0 Å². The summed E-state index contributed by atoms with van der Waals surface area (Å²) in [5, 5.41) is 3.35. The van der Waals surface area contributed by atoms with Gasteiger partial charge in [-0.05, 0) is 19.4 Å². The lowest BCUT2D eigenvalue weighted by molar-refractivity contribution is 0.132. The van der Waals surface area contributed by atoms with Crippen LogP contribution in [0, 0.1) is 0 Å². The lowest BCUT2D eigenvalue weighted by Crippen LogP contribution is -2.20. The zero-order valence-electron chi connectivity index (χ0n) is 9.27. The second-order valence-electron chi connectivity index (χ2n) is 3.42. The highest BCUT2D eigenvalue weighted by atomic mass is 16.5. The number of rotatable bonds is 10. The highest BCUT2D eigenvalue weighted by Crippen LogP contribution is 1.93. The highest BCUT2D eigenvalue weighted by molar-refractivity contribution is 4.45. The Hall–Kier alpha value is -0.0800. The fraction of sp³-hybridized carbons (Fsp3) is 1.00. The van der Waals surface area contributed by atoms with Gasteiger partial charge in [0.2, 0.25) is 0 Å². The molecule has 0 aromatic rings. The minimum absolute atomic E-state index is 0.868. The second-order valence-corrected chi connectivity index (χ2v) is 3.42. The van der Waals surface area contributed by atoms with E-state index in [0.717, 1.165) is 26.3 Å². The van der Waals surface area contributed by atoms with E-state index in [4.69, 9.17) is 4.74 Å². The molecule has 80 valence electrons. The highest BCUT2D eigenvalue weighted by Gasteiger charge is 1.88. The smallest absolute Gasteiger partial charge is 0.0590 e. The molecule has 0 aromatic heterocycles. The van der Waals surface area contributed by atoms with Crippen molar-refractivity contribution in [2.75, 3.05) is 26.3 Å². The summed E-state index contributed by atoms with van der Waals surface area (Å²) in [6.07, 6.45) is 6.33. The third-order valence-electron chi connectivity index (χ3n) is 2.02. The Morgan fingerprint density at radius 3 is 2.31 bits per heavy atom. The van der Waals surface area contributed by atoms with Gasteiger partial charge < -0.3 is 10.1 Å². The lowest BCUT2D eigenvalue weighted by atomic mass is 10.3. The number of hydrogen-bond donors (Lipinski definition) is 1. The number of nitrogens with one attached hydrogen (secondary N) is 1. The standard InChI is InChI=1S/C11H25NO/c1-3-5-7-10-13-11-9-12-8-6-4-2/h12H,3-11H2,1-2H3. The maximum atomic E-state index is 5.45. The van der Waals surface area contributed by atoms with Crippen LogP contribution in [-0.2, 0) is 4.74 Å². The van der Waals surface area contributed by atoms with E-state index in [0.29, 0.717) is 0 Å². The van der Waals surface area contributed by atoms with E-state index in [1.807, 2.05) is 0 Å². The Balaban J connectivity index is 2.76. The van der Waals surface area contributed by atoms with Crippen molar-refractivity contribution in [2.24, 2.45) is 0 Å². The topological polar surface area (TPSA) is 21.3 Å². The van der Waals surface area contributed by atoms with E-state index >= 15 is 0 Å². The van der Waals surface area contributed by atoms with Gasteiger partial charge in [0, 0.05) is 13.2 Å². The van der Waals surface area contributed by atoms with Crippen LogP contribution < -0.4 is 5.32 Å². The Morgan fingerprint density at radius 1 is 0.846 bits per heavy atom. The van der Waals surface area contributed by atoms with Gasteiger partial charge in [-0.15, -0.1) is 0 Å². The summed E-state index contributed by atoms with van der Waals surface area (Å²) in [6, 6.07) is 0. The zero-order valence-corrected chi connectivity index (χ0v) is 9.27. The van der Waals surface area contributed by atoms with E-state index in [1.165, 1.54) is 32.1 Å². The first-order chi connectivity index (χ1) is 6.41. The van der Waals surface area contributed by atoms with Crippen LogP contribution in [0.3, 0.4) is 0 Å². The van der Waals surface area contributed by atoms with Crippen LogP contribution in [0.4, 0.5) is 0 Å². The van der Waals surface area contributed by atoms with Crippen molar-refractivity contribution in [1.29, 1.82) is 0 Å². The van der Waals surface area contributed by atoms with Gasteiger partial charge in [0.1, 0.15) is 0 Å². The van der Waals surface area contributed by atoms with E-state index in [-0.39, 0.29) is 0 Å². The van der Waals surface area contributed by atoms with Gasteiger partial charge in [-0.1, -0.05) is 33.1 Å². The quantitative estimate of drug-likeness (QED) is 0.531. The Bertz CT molecular complexity index is 76.2. The molecule has 0 radical (unpaired) electrons. The van der Waals surface area contributed by atoms with Gasteiger partial charge in [0.05, 0.1) is 6.61 Å². The van der Waals surface area contributed by atoms with Crippen molar-refractivity contribution >= 4 is 0 Å². The maximum absolute atomic E-state index is 5.45. The molecular weight excluding hydrogens is 162 g/mol. The normalized spacial score (nSPS) is 10.6. The molecule has 0 heterocycles. The molecule has 0 aliphatic carbocycles. The Kier molecular flexibility index (Phi) is 11.8. The minimum Gasteiger partial charge on any atom is -0.380 e. The van der Waals surface area contributed by atoms with Crippen LogP contribution in [0.1, 0.15) is 46.0 Å². The maximum Gasteiger partial charge on any atom is 0.0590 e. The largest absolute Gasteiger partial charge is 0.380 e. The summed E-state index contributed by atoms with van der Waals surface area (Å²) >= 11 is 0. The molecule has 0 aliphatic heterocycles. The van der Waals surface area contributed by atoms with Crippen LogP contribution in [-0.4, -0.2) is 26.3 Å². The van der Waals surface area contributed by atoms with Crippen LogP contribution in [0.15, 0.2) is 0 Å². The van der Waals surface area contributed by atoms with Crippen LogP contribution in [0.25, 0.3) is 0 Å². The van der Waals surface area contributed by atoms with E-state index < -0.39 is 0 Å². The molecule has 0 saturated heterocycles. The molecule has 0 bridgehead atoms. The molecule has 0 spiro atoms. The minimum atomic E-state index is 0.868. The van der Waals surface area contributed by atoms with Gasteiger partial charge >= 0.3 is 0 Å². The molecule has 0 fully saturated rings. The monoisotopic (exact) mass is 187 g/mol. The van der Waals surface area contributed by atoms with Gasteiger partial charge in [-0.3, -0.25) is 0 Å². The summed E-state index contributed by atoms with van der Waals surface area (Å²) in [5.41, 5.74) is 0. The van der Waals surface area contributed by atoms with Crippen molar-refractivity contribution < 1.29 is 4.74 Å². The van der Waals surface area contributed by atoms with Crippen LogP contribution in [0.5, 0.6) is 0 Å². The molecule has 0 aliphatic rings. The molecular formula is C11H25NO. The first-order valence-electron chi connectivity index (χ1n) is 5.70. The average Bonchev–Trinajstić information content (AvgIpc) is 2.16. The predicted molar refractivity (Wildman–Crippen MR) is 58.1 cm³/mol. The van der Waals surface area contributed by atoms with Crippen LogP contribution >= 0.6 is 0 Å². The molecule has 13 heavy (non-hydrogen) atoms. The third-order valence-corrected chi connectivity index (χ3v) is 2.02. The third kappa shape index (κ3) is 11.9. The molecule has 1 N–H and O–H groups in total.